The Kier molecular flexibility index (Phi) is 1.80. The summed E-state index contributed by atoms with van der Waals surface area (Å²) < 4.78 is 0. The van der Waals surface area contributed by atoms with Crippen molar-refractivity contribution in [3.8, 4) is 0 Å². The van der Waals surface area contributed by atoms with Crippen molar-refractivity contribution in [3.63, 3.8) is 0 Å². The van der Waals surface area contributed by atoms with Gasteiger partial charge < -0.3 is 0 Å². The molecule has 0 saturated carbocycles. The van der Waals surface area contributed by atoms with Crippen LogP contribution in [0.4, 0.5) is 0 Å². The van der Waals surface area contributed by atoms with Gasteiger partial charge in [-0.05, 0) is 6.07 Å². The summed E-state index contributed by atoms with van der Waals surface area (Å²) in [6, 6.07) is 7.77. The molecule has 0 spiro atoms. The maximum Gasteiger partial charge on any atom is 0.0662 e. The molecule has 62 valence electrons. The molecule has 0 atom stereocenters. The minimum atomic E-state index is 0.564. The number of benzene rings is 1. The fraction of sp³-hybridized carbons (Fsp3) is 0.222. The first-order valence-corrected chi connectivity index (χ1v) is 3.93. The first-order chi connectivity index (χ1) is 5.86. The highest BCUT2D eigenvalue weighted by Gasteiger charge is 1.97. The summed E-state index contributed by atoms with van der Waals surface area (Å²) in [5, 5.41) is 12.4. The van der Waals surface area contributed by atoms with Crippen LogP contribution in [0.1, 0.15) is 0 Å². The van der Waals surface area contributed by atoms with Crippen molar-refractivity contribution < 1.29 is 5.21 Å². The van der Waals surface area contributed by atoms with Gasteiger partial charge in [-0.3, -0.25) is 15.3 Å². The van der Waals surface area contributed by atoms with Gasteiger partial charge in [-0.1, -0.05) is 18.2 Å². The predicted octanol–water partition coefficient (Wildman–Crippen LogP) is -0.251. The van der Waals surface area contributed by atoms with Crippen molar-refractivity contribution in [1.29, 1.82) is 0 Å². The van der Waals surface area contributed by atoms with Gasteiger partial charge in [-0.2, -0.15) is 0 Å². The Bertz CT molecular complexity index is 386. The maximum atomic E-state index is 9.25. The minimum Gasteiger partial charge on any atom is -0.289 e. The molecule has 12 heavy (non-hydrogen) atoms. The van der Waals surface area contributed by atoms with Crippen LogP contribution < -0.4 is 10.6 Å². The van der Waals surface area contributed by atoms with Gasteiger partial charge >= 0.3 is 0 Å². The summed E-state index contributed by atoms with van der Waals surface area (Å²) in [5.41, 5.74) is 0. The van der Waals surface area contributed by atoms with E-state index in [9.17, 15) is 5.21 Å². The molecule has 0 aliphatic carbocycles. The van der Waals surface area contributed by atoms with Gasteiger partial charge in [0.25, 0.3) is 0 Å². The molecular formula is C9H10N2O. The highest BCUT2D eigenvalue weighted by Crippen LogP contribution is 1.85. The largest absolute Gasteiger partial charge is 0.289 e. The molecule has 0 saturated heterocycles. The summed E-state index contributed by atoms with van der Waals surface area (Å²) >= 11 is 0. The molecule has 1 aromatic rings. The van der Waals surface area contributed by atoms with E-state index < -0.39 is 0 Å². The van der Waals surface area contributed by atoms with Crippen LogP contribution in [-0.2, 0) is 0 Å². The molecule has 1 aliphatic rings. The first-order valence-electron chi connectivity index (χ1n) is 3.93. The molecule has 1 N–H and O–H groups in total. The molecule has 1 aromatic carbocycles. The van der Waals surface area contributed by atoms with Crippen molar-refractivity contribution in [3.05, 3.63) is 34.8 Å². The number of nitrogens with zero attached hydrogens (tertiary/aromatic N) is 2. The lowest BCUT2D eigenvalue weighted by molar-refractivity contribution is -0.0165. The molecule has 0 unspecified atom stereocenters. The molecule has 2 rings (SSSR count). The highest BCUT2D eigenvalue weighted by molar-refractivity contribution is 5.21. The van der Waals surface area contributed by atoms with Crippen LogP contribution in [0.25, 0.3) is 6.20 Å². The third-order valence-electron chi connectivity index (χ3n) is 1.84. The Morgan fingerprint density at radius 2 is 2.17 bits per heavy atom. The van der Waals surface area contributed by atoms with Crippen LogP contribution in [0.5, 0.6) is 0 Å². The average Bonchev–Trinajstić information content (AvgIpc) is 2.25. The van der Waals surface area contributed by atoms with Crippen LogP contribution in [0, 0.1) is 0 Å². The Balaban J connectivity index is 2.68. The third-order valence-corrected chi connectivity index (χ3v) is 1.84. The van der Waals surface area contributed by atoms with Gasteiger partial charge in [-0.25, -0.2) is 0 Å². The van der Waals surface area contributed by atoms with E-state index in [-0.39, 0.29) is 0 Å². The predicted molar refractivity (Wildman–Crippen MR) is 45.0 cm³/mol. The van der Waals surface area contributed by atoms with E-state index in [4.69, 9.17) is 0 Å². The van der Waals surface area contributed by atoms with E-state index in [2.05, 4.69) is 4.99 Å². The fourth-order valence-corrected chi connectivity index (χ4v) is 1.24. The number of rotatable bonds is 0. The van der Waals surface area contributed by atoms with E-state index in [1.165, 1.54) is 5.06 Å². The number of fused-ring (bicyclic) bond motifs is 1. The summed E-state index contributed by atoms with van der Waals surface area (Å²) in [6.07, 6.45) is 1.70. The Labute approximate surface area is 70.2 Å². The third kappa shape index (κ3) is 1.31. The summed E-state index contributed by atoms with van der Waals surface area (Å²) in [6.45, 7) is 1.21. The van der Waals surface area contributed by atoms with E-state index in [0.29, 0.717) is 13.1 Å². The lowest BCUT2D eigenvalue weighted by Crippen LogP contribution is -2.25. The number of hydrogen-bond donors (Lipinski definition) is 1. The Morgan fingerprint density at radius 3 is 3.08 bits per heavy atom. The Hall–Kier alpha value is -1.35. The smallest absolute Gasteiger partial charge is 0.0662 e. The zero-order valence-electron chi connectivity index (χ0n) is 6.64. The zero-order valence-corrected chi connectivity index (χ0v) is 6.64. The summed E-state index contributed by atoms with van der Waals surface area (Å²) in [4.78, 5) is 4.30. The fourth-order valence-electron chi connectivity index (χ4n) is 1.24. The molecule has 3 nitrogen and oxygen atoms in total. The van der Waals surface area contributed by atoms with Crippen LogP contribution in [0.15, 0.2) is 29.3 Å². The van der Waals surface area contributed by atoms with Crippen LogP contribution >= 0.6 is 0 Å². The van der Waals surface area contributed by atoms with Crippen molar-refractivity contribution in [2.24, 2.45) is 4.99 Å². The average molecular weight is 162 g/mol. The standard InChI is InChI=1S/C9H10N2O/c12-11-6-5-10-9-4-2-1-3-8(9)7-11/h1-4,7,12H,5-6H2. The van der Waals surface area contributed by atoms with Gasteiger partial charge in [-0.15, -0.1) is 0 Å². The van der Waals surface area contributed by atoms with Crippen molar-refractivity contribution in [2.75, 3.05) is 13.1 Å². The quantitative estimate of drug-likeness (QED) is 0.571. The van der Waals surface area contributed by atoms with E-state index in [1.54, 1.807) is 6.20 Å². The van der Waals surface area contributed by atoms with E-state index in [0.717, 1.165) is 10.6 Å². The van der Waals surface area contributed by atoms with Crippen LogP contribution in [0.2, 0.25) is 0 Å². The van der Waals surface area contributed by atoms with Gasteiger partial charge in [0.1, 0.15) is 0 Å². The lowest BCUT2D eigenvalue weighted by Gasteiger charge is -2.06. The van der Waals surface area contributed by atoms with Crippen LogP contribution in [0.3, 0.4) is 0 Å². The molecular weight excluding hydrogens is 152 g/mol. The van der Waals surface area contributed by atoms with Crippen molar-refractivity contribution in [1.82, 2.24) is 5.06 Å². The summed E-state index contributed by atoms with van der Waals surface area (Å²) in [5.74, 6) is 0. The first kappa shape index (κ1) is 7.31. The van der Waals surface area contributed by atoms with Gasteiger partial charge in [0, 0.05) is 11.4 Å². The van der Waals surface area contributed by atoms with Crippen molar-refractivity contribution in [2.45, 2.75) is 0 Å². The minimum absolute atomic E-state index is 0.564. The molecule has 0 amide bonds. The molecule has 0 radical (unpaired) electrons. The normalized spacial score (nSPS) is 15.6. The van der Waals surface area contributed by atoms with Gasteiger partial charge in [0.15, 0.2) is 0 Å². The van der Waals surface area contributed by atoms with Gasteiger partial charge in [0.05, 0.1) is 18.4 Å². The molecule has 0 fully saturated rings. The molecule has 1 aliphatic heterocycles. The molecule has 1 heterocycles. The summed E-state index contributed by atoms with van der Waals surface area (Å²) in [7, 11) is 0. The SMILES string of the molecule is ON1C=c2ccccc2=NCC1. The van der Waals surface area contributed by atoms with Crippen LogP contribution in [-0.4, -0.2) is 23.4 Å². The second-order valence-electron chi connectivity index (χ2n) is 2.73. The second kappa shape index (κ2) is 2.95. The molecule has 3 heteroatoms. The monoisotopic (exact) mass is 162 g/mol. The van der Waals surface area contributed by atoms with E-state index >= 15 is 0 Å². The molecule has 0 aromatic heterocycles. The maximum absolute atomic E-state index is 9.25. The highest BCUT2D eigenvalue weighted by atomic mass is 16.5. The topological polar surface area (TPSA) is 35.8 Å². The molecule has 0 bridgehead atoms. The number of para-hydroxylation sites is 1. The van der Waals surface area contributed by atoms with Gasteiger partial charge in [0.2, 0.25) is 0 Å². The lowest BCUT2D eigenvalue weighted by atomic mass is 10.3. The number of hydroxylamine groups is 2. The zero-order chi connectivity index (χ0) is 8.39. The Morgan fingerprint density at radius 1 is 1.33 bits per heavy atom. The van der Waals surface area contributed by atoms with Crippen molar-refractivity contribution >= 4 is 6.20 Å². The van der Waals surface area contributed by atoms with E-state index in [1.807, 2.05) is 24.3 Å². The second-order valence-corrected chi connectivity index (χ2v) is 2.73. The number of hydrogen-bond acceptors (Lipinski definition) is 3.